The molecule has 0 spiro atoms. The third kappa shape index (κ3) is 5.10. The number of nitrogens with one attached hydrogen (secondary N) is 1. The molecule has 3 aromatic carbocycles. The van der Waals surface area contributed by atoms with Crippen LogP contribution in [0.2, 0.25) is 0 Å². The monoisotopic (exact) mass is 412 g/mol. The fourth-order valence-corrected chi connectivity index (χ4v) is 3.83. The standard InChI is InChI=1S/C27H25FN2O/c1-20(16-21-8-3-2-4-9-21)19-30(27(31)22-10-7-11-24(28)17-22)15-14-23-18-29-26-13-6-5-12-25(23)26/h2-13,16-18,29H,14-15,19H2,1H3/b20-16+. The minimum Gasteiger partial charge on any atom is -0.361 e. The van der Waals surface area contributed by atoms with Gasteiger partial charge in [-0.3, -0.25) is 4.79 Å². The number of para-hydroxylation sites is 1. The van der Waals surface area contributed by atoms with Crippen LogP contribution in [0.5, 0.6) is 0 Å². The number of nitrogens with zero attached hydrogens (tertiary/aromatic N) is 1. The van der Waals surface area contributed by atoms with Gasteiger partial charge in [-0.05, 0) is 48.7 Å². The second-order valence-electron chi connectivity index (χ2n) is 7.75. The van der Waals surface area contributed by atoms with E-state index >= 15 is 0 Å². The molecule has 4 aromatic rings. The van der Waals surface area contributed by atoms with E-state index in [1.807, 2.05) is 61.7 Å². The van der Waals surface area contributed by atoms with E-state index in [9.17, 15) is 9.18 Å². The third-order valence-electron chi connectivity index (χ3n) is 5.34. The van der Waals surface area contributed by atoms with Gasteiger partial charge in [-0.25, -0.2) is 4.39 Å². The number of H-pyrrole nitrogens is 1. The zero-order chi connectivity index (χ0) is 21.6. The van der Waals surface area contributed by atoms with Gasteiger partial charge in [0.25, 0.3) is 5.91 Å². The molecular weight excluding hydrogens is 387 g/mol. The van der Waals surface area contributed by atoms with Gasteiger partial charge >= 0.3 is 0 Å². The van der Waals surface area contributed by atoms with Gasteiger partial charge in [0.15, 0.2) is 0 Å². The summed E-state index contributed by atoms with van der Waals surface area (Å²) >= 11 is 0. The van der Waals surface area contributed by atoms with Crippen molar-refractivity contribution < 1.29 is 9.18 Å². The quantitative estimate of drug-likeness (QED) is 0.391. The molecule has 4 rings (SSSR count). The summed E-state index contributed by atoms with van der Waals surface area (Å²) in [6.45, 7) is 3.04. The van der Waals surface area contributed by atoms with Crippen molar-refractivity contribution in [2.75, 3.05) is 13.1 Å². The Labute approximate surface area is 181 Å². The fourth-order valence-electron chi connectivity index (χ4n) is 3.83. The number of aromatic amines is 1. The smallest absolute Gasteiger partial charge is 0.254 e. The summed E-state index contributed by atoms with van der Waals surface area (Å²) in [5.74, 6) is -0.570. The highest BCUT2D eigenvalue weighted by atomic mass is 19.1. The molecule has 3 nitrogen and oxygen atoms in total. The maximum atomic E-state index is 13.7. The van der Waals surface area contributed by atoms with Crippen LogP contribution in [0.1, 0.15) is 28.4 Å². The molecule has 0 saturated carbocycles. The van der Waals surface area contributed by atoms with Crippen molar-refractivity contribution >= 4 is 22.9 Å². The molecule has 1 amide bonds. The lowest BCUT2D eigenvalue weighted by Gasteiger charge is -2.23. The second kappa shape index (κ2) is 9.43. The zero-order valence-electron chi connectivity index (χ0n) is 17.5. The van der Waals surface area contributed by atoms with Crippen LogP contribution < -0.4 is 0 Å². The molecule has 0 aliphatic carbocycles. The van der Waals surface area contributed by atoms with Crippen LogP contribution in [0.3, 0.4) is 0 Å². The fraction of sp³-hybridized carbons (Fsp3) is 0.148. The highest BCUT2D eigenvalue weighted by molar-refractivity contribution is 5.94. The van der Waals surface area contributed by atoms with E-state index in [1.165, 1.54) is 12.1 Å². The number of rotatable bonds is 7. The number of carbonyl (C=O) groups excluding carboxylic acids is 1. The Kier molecular flexibility index (Phi) is 6.27. The van der Waals surface area contributed by atoms with Crippen molar-refractivity contribution in [1.29, 1.82) is 0 Å². The summed E-state index contributed by atoms with van der Waals surface area (Å²) in [5, 5.41) is 1.16. The Morgan fingerprint density at radius 3 is 2.58 bits per heavy atom. The molecule has 1 heterocycles. The van der Waals surface area contributed by atoms with Crippen molar-refractivity contribution in [1.82, 2.24) is 9.88 Å². The van der Waals surface area contributed by atoms with Gasteiger partial charge in [-0.2, -0.15) is 0 Å². The van der Waals surface area contributed by atoms with Gasteiger partial charge in [-0.1, -0.05) is 66.2 Å². The largest absolute Gasteiger partial charge is 0.361 e. The third-order valence-corrected chi connectivity index (χ3v) is 5.34. The van der Waals surface area contributed by atoms with E-state index < -0.39 is 5.82 Å². The lowest BCUT2D eigenvalue weighted by Crippen LogP contribution is -2.34. The van der Waals surface area contributed by atoms with Crippen LogP contribution in [-0.2, 0) is 6.42 Å². The molecule has 1 N–H and O–H groups in total. The second-order valence-corrected chi connectivity index (χ2v) is 7.75. The SMILES string of the molecule is C/C(=C\c1ccccc1)CN(CCc1c[nH]c2ccccc12)C(=O)c1cccc(F)c1. The molecule has 0 radical (unpaired) electrons. The number of hydrogen-bond donors (Lipinski definition) is 1. The summed E-state index contributed by atoms with van der Waals surface area (Å²) in [4.78, 5) is 18.3. The Bertz CT molecular complexity index is 1210. The number of halogens is 1. The molecule has 0 unspecified atom stereocenters. The molecule has 0 aliphatic heterocycles. The summed E-state index contributed by atoms with van der Waals surface area (Å²) in [6.07, 6.45) is 4.80. The molecule has 0 atom stereocenters. The van der Waals surface area contributed by atoms with Gasteiger partial charge < -0.3 is 9.88 Å². The molecule has 0 saturated heterocycles. The maximum Gasteiger partial charge on any atom is 0.254 e. The van der Waals surface area contributed by atoms with Crippen molar-refractivity contribution in [3.63, 3.8) is 0 Å². The number of aromatic nitrogens is 1. The van der Waals surface area contributed by atoms with Crippen LogP contribution in [-0.4, -0.2) is 28.9 Å². The molecule has 31 heavy (non-hydrogen) atoms. The normalized spacial score (nSPS) is 11.6. The van der Waals surface area contributed by atoms with Crippen LogP contribution in [0.15, 0.2) is 90.6 Å². The van der Waals surface area contributed by atoms with Crippen molar-refractivity contribution in [3.8, 4) is 0 Å². The van der Waals surface area contributed by atoms with Crippen molar-refractivity contribution in [3.05, 3.63) is 113 Å². The minimum absolute atomic E-state index is 0.167. The predicted molar refractivity (Wildman–Crippen MR) is 124 cm³/mol. The first-order valence-electron chi connectivity index (χ1n) is 10.4. The average Bonchev–Trinajstić information content (AvgIpc) is 3.20. The van der Waals surface area contributed by atoms with Gasteiger partial charge in [0.1, 0.15) is 5.82 Å². The first kappa shape index (κ1) is 20.6. The van der Waals surface area contributed by atoms with Crippen molar-refractivity contribution in [2.45, 2.75) is 13.3 Å². The van der Waals surface area contributed by atoms with E-state index in [0.29, 0.717) is 25.1 Å². The lowest BCUT2D eigenvalue weighted by atomic mass is 10.1. The van der Waals surface area contributed by atoms with E-state index in [0.717, 1.165) is 27.6 Å². The zero-order valence-corrected chi connectivity index (χ0v) is 17.5. The van der Waals surface area contributed by atoms with Gasteiger partial charge in [0, 0.05) is 35.8 Å². The maximum absolute atomic E-state index is 13.7. The number of amides is 1. The number of benzene rings is 3. The summed E-state index contributed by atoms with van der Waals surface area (Å²) in [5.41, 5.74) is 4.77. The highest BCUT2D eigenvalue weighted by Crippen LogP contribution is 2.19. The Balaban J connectivity index is 1.57. The average molecular weight is 413 g/mol. The van der Waals surface area contributed by atoms with Gasteiger partial charge in [0.05, 0.1) is 0 Å². The molecule has 4 heteroatoms. The van der Waals surface area contributed by atoms with Crippen LogP contribution in [0, 0.1) is 5.82 Å². The molecule has 0 fully saturated rings. The van der Waals surface area contributed by atoms with E-state index in [-0.39, 0.29) is 5.91 Å². The number of fused-ring (bicyclic) bond motifs is 1. The molecule has 1 aromatic heterocycles. The first-order chi connectivity index (χ1) is 15.1. The molecule has 0 bridgehead atoms. The molecule has 156 valence electrons. The molecular formula is C27H25FN2O. The summed E-state index contributed by atoms with van der Waals surface area (Å²) < 4.78 is 13.7. The van der Waals surface area contributed by atoms with Crippen LogP contribution >= 0.6 is 0 Å². The minimum atomic E-state index is -0.404. The van der Waals surface area contributed by atoms with E-state index in [1.54, 1.807) is 17.0 Å². The Morgan fingerprint density at radius 1 is 1.00 bits per heavy atom. The van der Waals surface area contributed by atoms with Crippen LogP contribution in [0.4, 0.5) is 4.39 Å². The highest BCUT2D eigenvalue weighted by Gasteiger charge is 2.17. The Morgan fingerprint density at radius 2 is 1.77 bits per heavy atom. The topological polar surface area (TPSA) is 36.1 Å². The number of carbonyl (C=O) groups is 1. The van der Waals surface area contributed by atoms with Crippen LogP contribution in [0.25, 0.3) is 17.0 Å². The molecule has 0 aliphatic rings. The van der Waals surface area contributed by atoms with Gasteiger partial charge in [0.2, 0.25) is 0 Å². The first-order valence-corrected chi connectivity index (χ1v) is 10.4. The number of hydrogen-bond acceptors (Lipinski definition) is 1. The lowest BCUT2D eigenvalue weighted by molar-refractivity contribution is 0.0771. The summed E-state index contributed by atoms with van der Waals surface area (Å²) in [6, 6.07) is 24.1. The van der Waals surface area contributed by atoms with E-state index in [4.69, 9.17) is 0 Å². The van der Waals surface area contributed by atoms with E-state index in [2.05, 4.69) is 17.1 Å². The predicted octanol–water partition coefficient (Wildman–Crippen LogP) is 6.10. The van der Waals surface area contributed by atoms with Crippen molar-refractivity contribution in [2.24, 2.45) is 0 Å². The van der Waals surface area contributed by atoms with Gasteiger partial charge in [-0.15, -0.1) is 0 Å². The summed E-state index contributed by atoms with van der Waals surface area (Å²) in [7, 11) is 0. The Hall–Kier alpha value is -3.66.